The average molecular weight is 310 g/mol. The van der Waals surface area contributed by atoms with Gasteiger partial charge >= 0.3 is 0 Å². The number of aryl methyl sites for hydroxylation is 2. The topological polar surface area (TPSA) is 12.0 Å². The van der Waals surface area contributed by atoms with E-state index in [4.69, 9.17) is 0 Å². The van der Waals surface area contributed by atoms with Crippen molar-refractivity contribution in [3.63, 3.8) is 0 Å². The number of rotatable bonds is 2. The second-order valence-corrected chi connectivity index (χ2v) is 6.77. The van der Waals surface area contributed by atoms with Crippen LogP contribution in [0.2, 0.25) is 0 Å². The molecule has 2 unspecified atom stereocenters. The summed E-state index contributed by atoms with van der Waals surface area (Å²) in [6.07, 6.45) is 4.10. The Morgan fingerprint density at radius 2 is 1.56 bits per heavy atom. The van der Waals surface area contributed by atoms with Gasteiger partial charge in [-0.05, 0) is 61.8 Å². The first-order chi connectivity index (χ1) is 8.49. The molecule has 2 rings (SSSR count). The van der Waals surface area contributed by atoms with Crippen molar-refractivity contribution in [3.8, 4) is 0 Å². The van der Waals surface area contributed by atoms with E-state index >= 15 is 0 Å². The summed E-state index contributed by atoms with van der Waals surface area (Å²) in [6.45, 7) is 9.09. The Labute approximate surface area is 119 Å². The Morgan fingerprint density at radius 3 is 2.06 bits per heavy atom. The number of benzene rings is 1. The highest BCUT2D eigenvalue weighted by atomic mass is 79.9. The lowest BCUT2D eigenvalue weighted by atomic mass is 9.78. The van der Waals surface area contributed by atoms with Crippen molar-refractivity contribution in [2.45, 2.75) is 53.0 Å². The van der Waals surface area contributed by atoms with Crippen LogP contribution < -0.4 is 5.32 Å². The van der Waals surface area contributed by atoms with Crippen LogP contribution in [-0.2, 0) is 0 Å². The third-order valence-corrected chi connectivity index (χ3v) is 5.57. The summed E-state index contributed by atoms with van der Waals surface area (Å²) < 4.78 is 1.23. The second-order valence-electron chi connectivity index (χ2n) is 5.98. The van der Waals surface area contributed by atoms with Gasteiger partial charge in [0.2, 0.25) is 0 Å². The van der Waals surface area contributed by atoms with E-state index in [9.17, 15) is 0 Å². The largest absolute Gasteiger partial charge is 0.382 e. The van der Waals surface area contributed by atoms with Crippen molar-refractivity contribution in [1.29, 1.82) is 0 Å². The Hall–Kier alpha value is -0.500. The molecule has 0 heterocycles. The zero-order valence-corrected chi connectivity index (χ0v) is 13.5. The molecule has 0 spiro atoms. The van der Waals surface area contributed by atoms with E-state index in [1.165, 1.54) is 40.5 Å². The van der Waals surface area contributed by atoms with E-state index in [0.717, 1.165) is 11.8 Å². The summed E-state index contributed by atoms with van der Waals surface area (Å²) in [6, 6.07) is 5.13. The van der Waals surface area contributed by atoms with Crippen molar-refractivity contribution >= 4 is 21.6 Å². The van der Waals surface area contributed by atoms with Crippen LogP contribution in [0.25, 0.3) is 0 Å². The summed E-state index contributed by atoms with van der Waals surface area (Å²) in [5, 5.41) is 3.77. The number of hydrogen-bond acceptors (Lipinski definition) is 1. The number of hydrogen-bond donors (Lipinski definition) is 1. The number of halogens is 1. The molecule has 0 amide bonds. The molecule has 0 bridgehead atoms. The normalized spacial score (nSPS) is 28.2. The Bertz CT molecular complexity index is 394. The predicted molar refractivity (Wildman–Crippen MR) is 83.2 cm³/mol. The van der Waals surface area contributed by atoms with Crippen molar-refractivity contribution in [1.82, 2.24) is 0 Å². The van der Waals surface area contributed by atoms with Gasteiger partial charge in [0.25, 0.3) is 0 Å². The summed E-state index contributed by atoms with van der Waals surface area (Å²) in [4.78, 5) is 0. The molecule has 1 N–H and O–H groups in total. The molecule has 1 saturated carbocycles. The fourth-order valence-corrected chi connectivity index (χ4v) is 3.42. The van der Waals surface area contributed by atoms with Crippen LogP contribution in [0.4, 0.5) is 5.69 Å². The minimum absolute atomic E-state index is 0.624. The zero-order valence-electron chi connectivity index (χ0n) is 11.9. The van der Waals surface area contributed by atoms with E-state index in [1.54, 1.807) is 0 Å². The summed E-state index contributed by atoms with van der Waals surface area (Å²) in [7, 11) is 0. The highest BCUT2D eigenvalue weighted by Gasteiger charge is 2.27. The lowest BCUT2D eigenvalue weighted by Crippen LogP contribution is -2.37. The fraction of sp³-hybridized carbons (Fsp3) is 0.625. The first kappa shape index (κ1) is 13.9. The first-order valence-corrected chi connectivity index (χ1v) is 7.81. The molecule has 100 valence electrons. The Balaban J connectivity index is 2.18. The van der Waals surface area contributed by atoms with Crippen molar-refractivity contribution in [3.05, 3.63) is 27.7 Å². The molecule has 0 aromatic heterocycles. The Morgan fingerprint density at radius 1 is 1.06 bits per heavy atom. The fourth-order valence-electron chi connectivity index (χ4n) is 3.19. The summed E-state index contributed by atoms with van der Waals surface area (Å²) in [5.74, 6) is 1.55. The maximum absolute atomic E-state index is 3.77. The van der Waals surface area contributed by atoms with Crippen LogP contribution in [0.5, 0.6) is 0 Å². The molecule has 1 aliphatic carbocycles. The third kappa shape index (κ3) is 2.90. The zero-order chi connectivity index (χ0) is 13.3. The summed E-state index contributed by atoms with van der Waals surface area (Å²) in [5.41, 5.74) is 3.90. The van der Waals surface area contributed by atoms with Crippen molar-refractivity contribution < 1.29 is 0 Å². The van der Waals surface area contributed by atoms with Gasteiger partial charge in [0.15, 0.2) is 0 Å². The first-order valence-electron chi connectivity index (χ1n) is 7.02. The van der Waals surface area contributed by atoms with Gasteiger partial charge in [-0.15, -0.1) is 0 Å². The predicted octanol–water partition coefficient (Wildman–Crippen LogP) is 5.30. The third-order valence-electron chi connectivity index (χ3n) is 4.31. The lowest BCUT2D eigenvalue weighted by molar-refractivity contribution is 0.268. The minimum Gasteiger partial charge on any atom is -0.382 e. The maximum Gasteiger partial charge on any atom is 0.0348 e. The quantitative estimate of drug-likeness (QED) is 0.781. The summed E-state index contributed by atoms with van der Waals surface area (Å²) >= 11 is 3.63. The van der Waals surface area contributed by atoms with E-state index in [2.05, 4.69) is 61.1 Å². The van der Waals surface area contributed by atoms with Gasteiger partial charge in [-0.1, -0.05) is 36.2 Å². The van der Waals surface area contributed by atoms with Crippen LogP contribution in [0.3, 0.4) is 0 Å². The molecule has 0 radical (unpaired) electrons. The molecule has 2 atom stereocenters. The van der Waals surface area contributed by atoms with Crippen LogP contribution >= 0.6 is 15.9 Å². The molecule has 18 heavy (non-hydrogen) atoms. The van der Waals surface area contributed by atoms with Gasteiger partial charge in [0, 0.05) is 16.2 Å². The lowest BCUT2D eigenvalue weighted by Gasteiger charge is -2.36. The van der Waals surface area contributed by atoms with E-state index in [1.807, 2.05) is 0 Å². The molecule has 2 heteroatoms. The van der Waals surface area contributed by atoms with Gasteiger partial charge in [-0.3, -0.25) is 0 Å². The van der Waals surface area contributed by atoms with Gasteiger partial charge in [0.1, 0.15) is 0 Å². The van der Waals surface area contributed by atoms with Gasteiger partial charge in [-0.2, -0.15) is 0 Å². The smallest absolute Gasteiger partial charge is 0.0348 e. The van der Waals surface area contributed by atoms with Crippen LogP contribution in [0.15, 0.2) is 16.6 Å². The van der Waals surface area contributed by atoms with E-state index in [0.29, 0.717) is 6.04 Å². The highest BCUT2D eigenvalue weighted by Crippen LogP contribution is 2.32. The van der Waals surface area contributed by atoms with E-state index in [-0.39, 0.29) is 0 Å². The molecule has 1 aliphatic rings. The number of anilines is 1. The molecule has 0 saturated heterocycles. The van der Waals surface area contributed by atoms with E-state index < -0.39 is 0 Å². The van der Waals surface area contributed by atoms with Crippen molar-refractivity contribution in [2.24, 2.45) is 11.8 Å². The molecular weight excluding hydrogens is 286 g/mol. The SMILES string of the molecule is Cc1cc(NC2C(C)CCCC2C)cc(C)c1Br. The molecule has 0 aliphatic heterocycles. The molecule has 1 aromatic carbocycles. The maximum atomic E-state index is 3.77. The van der Waals surface area contributed by atoms with Gasteiger partial charge in [0.05, 0.1) is 0 Å². The molecule has 1 fully saturated rings. The van der Waals surface area contributed by atoms with Crippen LogP contribution in [-0.4, -0.2) is 6.04 Å². The van der Waals surface area contributed by atoms with Crippen LogP contribution in [0.1, 0.15) is 44.2 Å². The molecule has 1 aromatic rings. The highest BCUT2D eigenvalue weighted by molar-refractivity contribution is 9.10. The van der Waals surface area contributed by atoms with Crippen LogP contribution in [0, 0.1) is 25.7 Å². The van der Waals surface area contributed by atoms with Gasteiger partial charge in [-0.25, -0.2) is 0 Å². The number of nitrogens with one attached hydrogen (secondary N) is 1. The second kappa shape index (κ2) is 5.64. The average Bonchev–Trinajstić information content (AvgIpc) is 2.31. The van der Waals surface area contributed by atoms with Gasteiger partial charge < -0.3 is 5.32 Å². The Kier molecular flexibility index (Phi) is 4.37. The monoisotopic (exact) mass is 309 g/mol. The minimum atomic E-state index is 0.624. The standard InChI is InChI=1S/C16H24BrN/c1-10-6-5-7-11(2)16(10)18-14-8-12(3)15(17)13(4)9-14/h8-11,16,18H,5-7H2,1-4H3. The molecule has 1 nitrogen and oxygen atoms in total. The molecular formula is C16H24BrN. The van der Waals surface area contributed by atoms with Crippen molar-refractivity contribution in [2.75, 3.05) is 5.32 Å².